The van der Waals surface area contributed by atoms with E-state index in [9.17, 15) is 4.79 Å². The van der Waals surface area contributed by atoms with Crippen molar-refractivity contribution in [2.45, 2.75) is 26.8 Å². The lowest BCUT2D eigenvalue weighted by Gasteiger charge is -2.27. The number of likely N-dealkylation sites (N-methyl/N-ethyl adjacent to an activating group) is 2. The fourth-order valence-electron chi connectivity index (χ4n) is 2.05. The van der Waals surface area contributed by atoms with Gasteiger partial charge in [-0.15, -0.1) is 0 Å². The van der Waals surface area contributed by atoms with E-state index in [1.807, 2.05) is 6.07 Å². The second kappa shape index (κ2) is 9.05. The van der Waals surface area contributed by atoms with Crippen LogP contribution in [-0.4, -0.2) is 44.5 Å². The van der Waals surface area contributed by atoms with Gasteiger partial charge in [0.2, 0.25) is 5.91 Å². The summed E-state index contributed by atoms with van der Waals surface area (Å²) in [5.74, 6) is 0.115. The van der Waals surface area contributed by atoms with Crippen molar-refractivity contribution in [2.24, 2.45) is 0 Å². The summed E-state index contributed by atoms with van der Waals surface area (Å²) in [5, 5.41) is 3.43. The lowest BCUT2D eigenvalue weighted by Crippen LogP contribution is -2.37. The molecule has 0 aromatic heterocycles. The fraction of sp³-hybridized carbons (Fsp3) is 0.562. The molecule has 0 aliphatic heterocycles. The number of nitrogens with zero attached hydrogens (tertiary/aromatic N) is 2. The summed E-state index contributed by atoms with van der Waals surface area (Å²) in [6, 6.07) is 6.26. The lowest BCUT2D eigenvalue weighted by molar-refractivity contribution is -0.127. The molecule has 1 N–H and O–H groups in total. The van der Waals surface area contributed by atoms with Gasteiger partial charge in [-0.05, 0) is 37.6 Å². The molecular formula is C16H26BrN3O. The van der Waals surface area contributed by atoms with Gasteiger partial charge in [-0.25, -0.2) is 0 Å². The molecule has 0 saturated heterocycles. The summed E-state index contributed by atoms with van der Waals surface area (Å²) in [6.45, 7) is 7.26. The molecule has 0 aliphatic rings. The summed E-state index contributed by atoms with van der Waals surface area (Å²) >= 11 is 3.53. The molecule has 0 radical (unpaired) electrons. The lowest BCUT2D eigenvalue weighted by atomic mass is 10.1. The molecule has 0 heterocycles. The molecule has 0 saturated carbocycles. The number of hydrogen-bond acceptors (Lipinski definition) is 3. The van der Waals surface area contributed by atoms with Crippen LogP contribution in [0.3, 0.4) is 0 Å². The topological polar surface area (TPSA) is 35.6 Å². The van der Waals surface area contributed by atoms with Crippen molar-refractivity contribution in [3.63, 3.8) is 0 Å². The molecule has 4 nitrogen and oxygen atoms in total. The van der Waals surface area contributed by atoms with Gasteiger partial charge in [0, 0.05) is 37.3 Å². The largest absolute Gasteiger partial charge is 0.362 e. The van der Waals surface area contributed by atoms with Gasteiger partial charge in [-0.1, -0.05) is 28.9 Å². The van der Waals surface area contributed by atoms with E-state index in [4.69, 9.17) is 0 Å². The highest BCUT2D eigenvalue weighted by Crippen LogP contribution is 2.25. The molecule has 0 bridgehead atoms. The number of rotatable bonds is 8. The number of amides is 1. The van der Waals surface area contributed by atoms with E-state index in [-0.39, 0.29) is 5.91 Å². The molecule has 5 heteroatoms. The Hall–Kier alpha value is -1.07. The van der Waals surface area contributed by atoms with Crippen molar-refractivity contribution in [2.75, 3.05) is 38.6 Å². The molecular weight excluding hydrogens is 330 g/mol. The minimum absolute atomic E-state index is 0.115. The Morgan fingerprint density at radius 2 is 2.00 bits per heavy atom. The summed E-state index contributed by atoms with van der Waals surface area (Å²) in [7, 11) is 3.58. The second-order valence-corrected chi connectivity index (χ2v) is 6.17. The molecule has 0 unspecified atom stereocenters. The number of carbonyl (C=O) groups is 1. The van der Waals surface area contributed by atoms with Crippen LogP contribution >= 0.6 is 15.9 Å². The molecule has 1 aromatic carbocycles. The first-order valence-corrected chi connectivity index (χ1v) is 8.23. The fourth-order valence-corrected chi connectivity index (χ4v) is 2.40. The van der Waals surface area contributed by atoms with Gasteiger partial charge in [-0.3, -0.25) is 4.79 Å². The van der Waals surface area contributed by atoms with Gasteiger partial charge in [0.25, 0.3) is 0 Å². The molecule has 0 aliphatic carbocycles. The number of halogens is 1. The molecule has 1 aromatic rings. The smallest absolute Gasteiger partial charge is 0.241 e. The zero-order chi connectivity index (χ0) is 15.8. The number of benzene rings is 1. The van der Waals surface area contributed by atoms with Crippen LogP contribution in [0.15, 0.2) is 22.7 Å². The second-order valence-electron chi connectivity index (χ2n) is 5.25. The quantitative estimate of drug-likeness (QED) is 0.728. The van der Waals surface area contributed by atoms with Crippen molar-refractivity contribution < 1.29 is 4.79 Å². The van der Waals surface area contributed by atoms with Gasteiger partial charge in [0.15, 0.2) is 0 Å². The Morgan fingerprint density at radius 3 is 2.57 bits per heavy atom. The predicted octanol–water partition coefficient (Wildman–Crippen LogP) is 2.86. The van der Waals surface area contributed by atoms with Gasteiger partial charge < -0.3 is 15.1 Å². The Morgan fingerprint density at radius 1 is 1.29 bits per heavy atom. The highest BCUT2D eigenvalue weighted by atomic mass is 79.9. The van der Waals surface area contributed by atoms with E-state index in [1.165, 1.54) is 5.56 Å². The first kappa shape index (κ1) is 18.0. The average Bonchev–Trinajstić information content (AvgIpc) is 2.46. The Balaban J connectivity index is 2.94. The Bertz CT molecular complexity index is 463. The van der Waals surface area contributed by atoms with E-state index in [0.717, 1.165) is 36.2 Å². The maximum Gasteiger partial charge on any atom is 0.241 e. The van der Waals surface area contributed by atoms with Crippen LogP contribution in [0.4, 0.5) is 5.69 Å². The highest BCUT2D eigenvalue weighted by molar-refractivity contribution is 9.10. The van der Waals surface area contributed by atoms with Gasteiger partial charge >= 0.3 is 0 Å². The number of carbonyl (C=O) groups excluding carboxylic acids is 1. The maximum atomic E-state index is 12.0. The van der Waals surface area contributed by atoms with Crippen LogP contribution in [0.5, 0.6) is 0 Å². The minimum Gasteiger partial charge on any atom is -0.362 e. The van der Waals surface area contributed by atoms with Crippen LogP contribution in [0.2, 0.25) is 0 Å². The molecule has 118 valence electrons. The van der Waals surface area contributed by atoms with E-state index >= 15 is 0 Å². The summed E-state index contributed by atoms with van der Waals surface area (Å²) in [6.07, 6.45) is 1.11. The first-order chi connectivity index (χ1) is 9.99. The van der Waals surface area contributed by atoms with Crippen molar-refractivity contribution in [1.29, 1.82) is 0 Å². The van der Waals surface area contributed by atoms with Crippen LogP contribution in [0, 0.1) is 0 Å². The normalized spacial score (nSPS) is 10.5. The summed E-state index contributed by atoms with van der Waals surface area (Å²) < 4.78 is 1.03. The SMILES string of the molecule is CCCNCc1ccc(Br)cc1N(CC)CC(=O)N(C)C. The Labute approximate surface area is 136 Å². The van der Waals surface area contributed by atoms with Crippen LogP contribution in [0.25, 0.3) is 0 Å². The van der Waals surface area contributed by atoms with Crippen LogP contribution in [0.1, 0.15) is 25.8 Å². The number of anilines is 1. The summed E-state index contributed by atoms with van der Waals surface area (Å²) in [4.78, 5) is 15.8. The molecule has 21 heavy (non-hydrogen) atoms. The molecule has 0 atom stereocenters. The van der Waals surface area contributed by atoms with E-state index in [2.05, 4.69) is 52.1 Å². The van der Waals surface area contributed by atoms with Crippen LogP contribution < -0.4 is 10.2 Å². The third kappa shape index (κ3) is 5.67. The predicted molar refractivity (Wildman–Crippen MR) is 92.7 cm³/mol. The van der Waals surface area contributed by atoms with Crippen molar-refractivity contribution >= 4 is 27.5 Å². The zero-order valence-corrected chi connectivity index (χ0v) is 15.0. The molecule has 0 fully saturated rings. The number of hydrogen-bond donors (Lipinski definition) is 1. The van der Waals surface area contributed by atoms with E-state index < -0.39 is 0 Å². The molecule has 1 rings (SSSR count). The standard InChI is InChI=1S/C16H26BrN3O/c1-5-9-18-11-13-7-8-14(17)10-15(13)20(6-2)12-16(21)19(3)4/h7-8,10,18H,5-6,9,11-12H2,1-4H3. The third-order valence-corrected chi connectivity index (χ3v) is 3.83. The molecule has 1 amide bonds. The summed E-state index contributed by atoms with van der Waals surface area (Å²) in [5.41, 5.74) is 2.34. The van der Waals surface area contributed by atoms with E-state index in [0.29, 0.717) is 6.54 Å². The maximum absolute atomic E-state index is 12.0. The molecule has 0 spiro atoms. The van der Waals surface area contributed by atoms with Crippen molar-refractivity contribution in [3.8, 4) is 0 Å². The van der Waals surface area contributed by atoms with Gasteiger partial charge in [-0.2, -0.15) is 0 Å². The number of nitrogens with one attached hydrogen (secondary N) is 1. The van der Waals surface area contributed by atoms with E-state index in [1.54, 1.807) is 19.0 Å². The van der Waals surface area contributed by atoms with Crippen molar-refractivity contribution in [1.82, 2.24) is 10.2 Å². The Kier molecular flexibility index (Phi) is 7.75. The zero-order valence-electron chi connectivity index (χ0n) is 13.4. The average molecular weight is 356 g/mol. The highest BCUT2D eigenvalue weighted by Gasteiger charge is 2.15. The van der Waals surface area contributed by atoms with Gasteiger partial charge in [0.05, 0.1) is 6.54 Å². The third-order valence-electron chi connectivity index (χ3n) is 3.34. The monoisotopic (exact) mass is 355 g/mol. The first-order valence-electron chi connectivity index (χ1n) is 7.43. The van der Waals surface area contributed by atoms with Crippen molar-refractivity contribution in [3.05, 3.63) is 28.2 Å². The van der Waals surface area contributed by atoms with Gasteiger partial charge in [0.1, 0.15) is 0 Å². The van der Waals surface area contributed by atoms with Crippen LogP contribution in [-0.2, 0) is 11.3 Å². The minimum atomic E-state index is 0.115.